The average Bonchev–Trinajstić information content (AvgIpc) is 3.83. The van der Waals surface area contributed by atoms with Crippen LogP contribution in [0.25, 0.3) is 69.9 Å². The van der Waals surface area contributed by atoms with Crippen molar-refractivity contribution < 1.29 is 0 Å². The van der Waals surface area contributed by atoms with Gasteiger partial charge < -0.3 is 4.57 Å². The molecule has 0 bridgehead atoms. The van der Waals surface area contributed by atoms with Gasteiger partial charge in [-0.25, -0.2) is 0 Å². The molecule has 0 N–H and O–H groups in total. The summed E-state index contributed by atoms with van der Waals surface area (Å²) in [6.07, 6.45) is 0.963. The zero-order valence-electron chi connectivity index (χ0n) is 31.4. The van der Waals surface area contributed by atoms with E-state index in [1.165, 1.54) is 97.7 Å². The van der Waals surface area contributed by atoms with E-state index in [0.29, 0.717) is 0 Å². The number of aryl methyl sites for hydroxylation is 1. The van der Waals surface area contributed by atoms with Crippen LogP contribution in [0, 0.1) is 6.92 Å². The number of para-hydroxylation sites is 2. The van der Waals surface area contributed by atoms with Crippen LogP contribution in [0.15, 0.2) is 182 Å². The van der Waals surface area contributed by atoms with Crippen LogP contribution in [-0.4, -0.2) is 4.57 Å². The number of fused-ring (bicyclic) bond motifs is 9. The SMILES string of the molecule is CC1(C)c2ccccc2-c2cc(Cc3ccc(-c4ccccc4)cc3)ccc21.Cc1ccc2c(c1)sc1cc(-n3c4ccccc4c4ccccc43)ccc12. The Hall–Kier alpha value is -6.22. The minimum absolute atomic E-state index is 0.0851. The van der Waals surface area contributed by atoms with Crippen molar-refractivity contribution in [2.24, 2.45) is 0 Å². The van der Waals surface area contributed by atoms with E-state index in [1.54, 1.807) is 0 Å². The van der Waals surface area contributed by atoms with Crippen molar-refractivity contribution >= 4 is 53.3 Å². The summed E-state index contributed by atoms with van der Waals surface area (Å²) in [5, 5.41) is 5.31. The number of benzene rings is 8. The number of aromatic nitrogens is 1. The van der Waals surface area contributed by atoms with Crippen LogP contribution in [0.1, 0.15) is 41.7 Å². The normalized spacial score (nSPS) is 12.9. The zero-order valence-corrected chi connectivity index (χ0v) is 32.2. The van der Waals surface area contributed by atoms with Crippen LogP contribution in [0.3, 0.4) is 0 Å². The predicted molar refractivity (Wildman–Crippen MR) is 237 cm³/mol. The Morgan fingerprint density at radius 2 is 1.04 bits per heavy atom. The van der Waals surface area contributed by atoms with Gasteiger partial charge in [0.15, 0.2) is 0 Å². The van der Waals surface area contributed by atoms with Crippen LogP contribution < -0.4 is 0 Å². The highest BCUT2D eigenvalue weighted by Gasteiger charge is 2.34. The fourth-order valence-corrected chi connectivity index (χ4v) is 10.0. The van der Waals surface area contributed by atoms with Gasteiger partial charge in [-0.3, -0.25) is 0 Å². The van der Waals surface area contributed by atoms with Crippen molar-refractivity contribution in [2.45, 2.75) is 32.6 Å². The van der Waals surface area contributed by atoms with Crippen molar-refractivity contribution in [1.29, 1.82) is 0 Å². The van der Waals surface area contributed by atoms with E-state index in [1.807, 2.05) is 11.3 Å². The smallest absolute Gasteiger partial charge is 0.0541 e. The minimum atomic E-state index is 0.0851. The van der Waals surface area contributed by atoms with Gasteiger partial charge in [0.1, 0.15) is 0 Å². The molecule has 2 heteroatoms. The Balaban J connectivity index is 0.000000135. The molecule has 0 amide bonds. The number of nitrogens with zero attached hydrogens (tertiary/aromatic N) is 1. The fourth-order valence-electron chi connectivity index (χ4n) is 8.77. The van der Waals surface area contributed by atoms with Gasteiger partial charge in [-0.2, -0.15) is 0 Å². The topological polar surface area (TPSA) is 4.93 Å². The molecule has 0 unspecified atom stereocenters. The molecule has 1 nitrogen and oxygen atoms in total. The van der Waals surface area contributed by atoms with Gasteiger partial charge in [-0.15, -0.1) is 11.3 Å². The summed E-state index contributed by atoms with van der Waals surface area (Å²) in [4.78, 5) is 0. The summed E-state index contributed by atoms with van der Waals surface area (Å²) in [7, 11) is 0. The molecule has 55 heavy (non-hydrogen) atoms. The van der Waals surface area contributed by atoms with Gasteiger partial charge in [0.25, 0.3) is 0 Å². The molecule has 1 aliphatic rings. The van der Waals surface area contributed by atoms with Crippen LogP contribution in [-0.2, 0) is 11.8 Å². The second kappa shape index (κ2) is 13.3. The average molecular weight is 724 g/mol. The van der Waals surface area contributed by atoms with E-state index in [9.17, 15) is 0 Å². The number of rotatable bonds is 4. The summed E-state index contributed by atoms with van der Waals surface area (Å²) in [5.41, 5.74) is 16.1. The molecule has 0 fully saturated rings. The van der Waals surface area contributed by atoms with Gasteiger partial charge in [0, 0.05) is 42.0 Å². The lowest BCUT2D eigenvalue weighted by atomic mass is 9.82. The molecular formula is C53H41NS. The summed E-state index contributed by atoms with van der Waals surface area (Å²) in [5.74, 6) is 0. The Morgan fingerprint density at radius 1 is 0.455 bits per heavy atom. The third-order valence-electron chi connectivity index (χ3n) is 11.6. The molecule has 264 valence electrons. The molecule has 8 aromatic carbocycles. The number of hydrogen-bond acceptors (Lipinski definition) is 1. The van der Waals surface area contributed by atoms with Crippen molar-refractivity contribution in [1.82, 2.24) is 4.57 Å². The second-order valence-corrected chi connectivity index (χ2v) is 16.5. The Morgan fingerprint density at radius 3 is 1.78 bits per heavy atom. The first-order valence-corrected chi connectivity index (χ1v) is 20.0. The van der Waals surface area contributed by atoms with E-state index in [2.05, 4.69) is 207 Å². The van der Waals surface area contributed by atoms with E-state index in [0.717, 1.165) is 6.42 Å². The van der Waals surface area contributed by atoms with Crippen molar-refractivity contribution in [2.75, 3.05) is 0 Å². The largest absolute Gasteiger partial charge is 0.309 e. The van der Waals surface area contributed by atoms with E-state index < -0.39 is 0 Å². The third-order valence-corrected chi connectivity index (χ3v) is 12.7. The van der Waals surface area contributed by atoms with Gasteiger partial charge in [0.2, 0.25) is 0 Å². The minimum Gasteiger partial charge on any atom is -0.309 e. The first kappa shape index (κ1) is 33.4. The van der Waals surface area contributed by atoms with E-state index >= 15 is 0 Å². The van der Waals surface area contributed by atoms with Crippen molar-refractivity contribution in [3.05, 3.63) is 210 Å². The molecule has 2 aromatic heterocycles. The number of thiophene rings is 1. The Bertz CT molecular complexity index is 2980. The summed E-state index contributed by atoms with van der Waals surface area (Å²) < 4.78 is 5.10. The molecule has 11 rings (SSSR count). The van der Waals surface area contributed by atoms with Crippen LogP contribution in [0.2, 0.25) is 0 Å². The third kappa shape index (κ3) is 5.77. The summed E-state index contributed by atoms with van der Waals surface area (Å²) in [6, 6.07) is 66.4. The van der Waals surface area contributed by atoms with Gasteiger partial charge >= 0.3 is 0 Å². The first-order valence-electron chi connectivity index (χ1n) is 19.2. The highest BCUT2D eigenvalue weighted by Crippen LogP contribution is 2.48. The lowest BCUT2D eigenvalue weighted by molar-refractivity contribution is 0.660. The highest BCUT2D eigenvalue weighted by molar-refractivity contribution is 7.25. The molecule has 0 aliphatic heterocycles. The molecule has 10 aromatic rings. The summed E-state index contributed by atoms with van der Waals surface area (Å²) in [6.45, 7) is 6.83. The number of hydrogen-bond donors (Lipinski definition) is 0. The maximum Gasteiger partial charge on any atom is 0.0541 e. The molecule has 0 spiro atoms. The van der Waals surface area contributed by atoms with Crippen LogP contribution >= 0.6 is 11.3 Å². The molecule has 0 saturated carbocycles. The molecule has 0 saturated heterocycles. The van der Waals surface area contributed by atoms with Gasteiger partial charge in [-0.05, 0) is 93.7 Å². The molecule has 2 heterocycles. The quantitative estimate of drug-likeness (QED) is 0.170. The van der Waals surface area contributed by atoms with Gasteiger partial charge in [0.05, 0.1) is 11.0 Å². The lowest BCUT2D eigenvalue weighted by Crippen LogP contribution is -2.14. The Labute approximate surface area is 326 Å². The van der Waals surface area contributed by atoms with Crippen molar-refractivity contribution in [3.8, 4) is 27.9 Å². The van der Waals surface area contributed by atoms with Gasteiger partial charge in [-0.1, -0.05) is 166 Å². The molecular weight excluding hydrogens is 683 g/mol. The summed E-state index contributed by atoms with van der Waals surface area (Å²) >= 11 is 1.88. The fraction of sp³-hybridized carbons (Fsp3) is 0.0943. The highest BCUT2D eigenvalue weighted by atomic mass is 32.1. The Kier molecular flexibility index (Phi) is 8.05. The zero-order chi connectivity index (χ0) is 37.1. The van der Waals surface area contributed by atoms with Crippen molar-refractivity contribution in [3.63, 3.8) is 0 Å². The van der Waals surface area contributed by atoms with Crippen LogP contribution in [0.4, 0.5) is 0 Å². The molecule has 0 atom stereocenters. The molecule has 0 radical (unpaired) electrons. The lowest BCUT2D eigenvalue weighted by Gasteiger charge is -2.21. The van der Waals surface area contributed by atoms with Crippen LogP contribution in [0.5, 0.6) is 0 Å². The standard InChI is InChI=1S/C28H24.C25H17NS/c1-28(2)26-11-7-6-10-24(26)25-19-21(14-17-27(25)28)18-20-12-15-23(16-13-20)22-8-4-3-5-9-22;1-16-10-12-20-21-13-11-17(15-25(21)27-24(20)14-16)26-22-8-4-2-6-18(22)19-7-3-5-9-23(19)26/h3-17,19H,18H2,1-2H3;2-15H,1H3. The maximum atomic E-state index is 2.40. The maximum absolute atomic E-state index is 2.40. The second-order valence-electron chi connectivity index (χ2n) is 15.4. The molecule has 1 aliphatic carbocycles. The van der Waals surface area contributed by atoms with E-state index in [4.69, 9.17) is 0 Å². The monoisotopic (exact) mass is 723 g/mol. The van der Waals surface area contributed by atoms with E-state index in [-0.39, 0.29) is 5.41 Å². The predicted octanol–water partition coefficient (Wildman–Crippen LogP) is 14.7. The first-order chi connectivity index (χ1) is 26.9.